The predicted molar refractivity (Wildman–Crippen MR) is 105 cm³/mol. The van der Waals surface area contributed by atoms with Gasteiger partial charge in [-0.1, -0.05) is 30.9 Å². The van der Waals surface area contributed by atoms with Gasteiger partial charge in [0, 0.05) is 0 Å². The minimum atomic E-state index is -0.289. The van der Waals surface area contributed by atoms with E-state index in [9.17, 15) is 10.1 Å². The molecule has 1 heterocycles. The van der Waals surface area contributed by atoms with Crippen LogP contribution in [0.4, 0.5) is 0 Å². The van der Waals surface area contributed by atoms with Crippen molar-refractivity contribution in [2.75, 3.05) is 13.7 Å². The Hall–Kier alpha value is -3.85. The highest BCUT2D eigenvalue weighted by Gasteiger charge is 2.10. The molecule has 1 aromatic heterocycles. The van der Waals surface area contributed by atoms with E-state index in [0.29, 0.717) is 34.6 Å². The average molecular weight is 359 g/mol. The van der Waals surface area contributed by atoms with Gasteiger partial charge in [-0.25, -0.2) is 4.98 Å². The molecule has 134 valence electrons. The van der Waals surface area contributed by atoms with Gasteiger partial charge in [-0.05, 0) is 35.9 Å². The van der Waals surface area contributed by atoms with Crippen molar-refractivity contribution in [3.8, 4) is 17.6 Å². The van der Waals surface area contributed by atoms with Crippen LogP contribution in [0, 0.1) is 11.3 Å². The minimum absolute atomic E-state index is 0.215. The van der Waals surface area contributed by atoms with Crippen LogP contribution < -0.4 is 15.0 Å². The number of methoxy groups -OCH3 is 1. The van der Waals surface area contributed by atoms with Gasteiger partial charge >= 0.3 is 0 Å². The van der Waals surface area contributed by atoms with E-state index >= 15 is 0 Å². The molecule has 0 amide bonds. The summed E-state index contributed by atoms with van der Waals surface area (Å²) in [4.78, 5) is 19.3. The molecule has 0 saturated heterocycles. The molecule has 0 aliphatic rings. The maximum atomic E-state index is 12.2. The summed E-state index contributed by atoms with van der Waals surface area (Å²) in [6, 6.07) is 14.4. The third kappa shape index (κ3) is 3.88. The number of fused-ring (bicyclic) bond motifs is 1. The van der Waals surface area contributed by atoms with Crippen molar-refractivity contribution in [3.05, 3.63) is 76.9 Å². The highest BCUT2D eigenvalue weighted by molar-refractivity contribution is 5.89. The minimum Gasteiger partial charge on any atom is -0.493 e. The summed E-state index contributed by atoms with van der Waals surface area (Å²) < 4.78 is 10.9. The maximum absolute atomic E-state index is 12.2. The Morgan fingerprint density at radius 3 is 2.85 bits per heavy atom. The maximum Gasteiger partial charge on any atom is 0.259 e. The zero-order valence-corrected chi connectivity index (χ0v) is 14.7. The van der Waals surface area contributed by atoms with Crippen LogP contribution in [0.5, 0.6) is 11.5 Å². The molecule has 0 unspecified atom stereocenters. The number of nitriles is 1. The number of nitrogens with one attached hydrogen (secondary N) is 1. The molecule has 0 aliphatic heterocycles. The lowest BCUT2D eigenvalue weighted by Gasteiger charge is -2.10. The highest BCUT2D eigenvalue weighted by atomic mass is 16.5. The molecule has 6 nitrogen and oxygen atoms in total. The Kier molecular flexibility index (Phi) is 5.33. The van der Waals surface area contributed by atoms with Gasteiger partial charge in [-0.15, -0.1) is 0 Å². The molecule has 0 fully saturated rings. The predicted octanol–water partition coefficient (Wildman–Crippen LogP) is 3.56. The first-order chi connectivity index (χ1) is 13.2. The van der Waals surface area contributed by atoms with E-state index in [1.54, 1.807) is 54.6 Å². The first-order valence-corrected chi connectivity index (χ1v) is 8.19. The van der Waals surface area contributed by atoms with Crippen molar-refractivity contribution in [1.29, 1.82) is 5.26 Å². The normalized spacial score (nSPS) is 11.0. The molecule has 2 aromatic carbocycles. The number of hydrogen-bond donors (Lipinski definition) is 1. The molecule has 0 bridgehead atoms. The molecule has 1 N–H and O–H groups in total. The van der Waals surface area contributed by atoms with Gasteiger partial charge in [0.25, 0.3) is 5.56 Å². The van der Waals surface area contributed by atoms with Crippen molar-refractivity contribution in [2.24, 2.45) is 0 Å². The smallest absolute Gasteiger partial charge is 0.259 e. The third-order valence-electron chi connectivity index (χ3n) is 3.84. The number of benzene rings is 2. The highest BCUT2D eigenvalue weighted by Crippen LogP contribution is 2.29. The van der Waals surface area contributed by atoms with Crippen molar-refractivity contribution in [3.63, 3.8) is 0 Å². The number of aromatic nitrogens is 2. The van der Waals surface area contributed by atoms with Crippen LogP contribution in [-0.2, 0) is 0 Å². The van der Waals surface area contributed by atoms with Gasteiger partial charge in [0.2, 0.25) is 0 Å². The monoisotopic (exact) mass is 359 g/mol. The summed E-state index contributed by atoms with van der Waals surface area (Å²) in [6.07, 6.45) is 3.27. The lowest BCUT2D eigenvalue weighted by atomic mass is 10.1. The fourth-order valence-corrected chi connectivity index (χ4v) is 2.58. The number of rotatable bonds is 6. The van der Waals surface area contributed by atoms with Gasteiger partial charge in [-0.3, -0.25) is 4.79 Å². The number of nitrogens with zero attached hydrogens (tertiary/aromatic N) is 2. The topological polar surface area (TPSA) is 88.0 Å². The standard InChI is InChI=1S/C21H17N3O3/c1-3-10-27-18-9-8-14(12-19(18)26-2)11-15(13-22)20-23-17-7-5-4-6-16(17)21(25)24-20/h3-9,11-12H,1,10H2,2H3,(H,23,24,25)/b15-11+. The van der Waals surface area contributed by atoms with E-state index in [0.717, 1.165) is 0 Å². The Bertz CT molecular complexity index is 1120. The molecule has 0 saturated carbocycles. The Labute approximate surface area is 156 Å². The van der Waals surface area contributed by atoms with Gasteiger partial charge < -0.3 is 14.5 Å². The second-order valence-corrected chi connectivity index (χ2v) is 5.61. The number of aromatic amines is 1. The first kappa shape index (κ1) is 18.0. The van der Waals surface area contributed by atoms with Crippen LogP contribution in [-0.4, -0.2) is 23.7 Å². The summed E-state index contributed by atoms with van der Waals surface area (Å²) in [5, 5.41) is 10.0. The molecule has 0 radical (unpaired) electrons. The molecule has 0 spiro atoms. The molecule has 27 heavy (non-hydrogen) atoms. The second kappa shape index (κ2) is 8.02. The van der Waals surface area contributed by atoms with E-state index in [2.05, 4.69) is 22.6 Å². The van der Waals surface area contributed by atoms with Crippen LogP contribution in [0.25, 0.3) is 22.6 Å². The van der Waals surface area contributed by atoms with Gasteiger partial charge in [0.05, 0.1) is 23.6 Å². The molecule has 6 heteroatoms. The van der Waals surface area contributed by atoms with Gasteiger partial charge in [0.15, 0.2) is 17.3 Å². The van der Waals surface area contributed by atoms with E-state index < -0.39 is 0 Å². The van der Waals surface area contributed by atoms with Gasteiger partial charge in [-0.2, -0.15) is 5.26 Å². The zero-order valence-electron chi connectivity index (χ0n) is 14.7. The lowest BCUT2D eigenvalue weighted by molar-refractivity contribution is 0.326. The second-order valence-electron chi connectivity index (χ2n) is 5.61. The quantitative estimate of drug-likeness (QED) is 0.537. The Morgan fingerprint density at radius 1 is 1.30 bits per heavy atom. The van der Waals surface area contributed by atoms with E-state index in [1.807, 2.05) is 0 Å². The molecule has 0 aliphatic carbocycles. The Morgan fingerprint density at radius 2 is 2.11 bits per heavy atom. The SMILES string of the molecule is C=CCOc1ccc(/C=C(\C#N)c2nc3ccccc3c(=O)[nH]2)cc1OC. The molecule has 3 aromatic rings. The molecular formula is C21H17N3O3. The molecular weight excluding hydrogens is 342 g/mol. The van der Waals surface area contributed by atoms with Gasteiger partial charge in [0.1, 0.15) is 12.7 Å². The molecule has 0 atom stereocenters. The van der Waals surface area contributed by atoms with Crippen molar-refractivity contribution in [2.45, 2.75) is 0 Å². The number of ether oxygens (including phenoxy) is 2. The van der Waals surface area contributed by atoms with Crippen LogP contribution in [0.3, 0.4) is 0 Å². The van der Waals surface area contributed by atoms with Crippen LogP contribution in [0.2, 0.25) is 0 Å². The zero-order chi connectivity index (χ0) is 19.2. The average Bonchev–Trinajstić information content (AvgIpc) is 2.70. The Balaban J connectivity index is 2.03. The third-order valence-corrected chi connectivity index (χ3v) is 3.84. The van der Waals surface area contributed by atoms with E-state index in [1.165, 1.54) is 7.11 Å². The summed E-state index contributed by atoms with van der Waals surface area (Å²) in [5.41, 5.74) is 1.19. The van der Waals surface area contributed by atoms with Crippen molar-refractivity contribution >= 4 is 22.6 Å². The number of H-pyrrole nitrogens is 1. The summed E-state index contributed by atoms with van der Waals surface area (Å²) in [5.74, 6) is 1.32. The summed E-state index contributed by atoms with van der Waals surface area (Å²) in [7, 11) is 1.54. The van der Waals surface area contributed by atoms with Crippen molar-refractivity contribution in [1.82, 2.24) is 9.97 Å². The first-order valence-electron chi connectivity index (χ1n) is 8.19. The summed E-state index contributed by atoms with van der Waals surface area (Å²) >= 11 is 0. The van der Waals surface area contributed by atoms with Crippen LogP contribution >= 0.6 is 0 Å². The number of hydrogen-bond acceptors (Lipinski definition) is 5. The van der Waals surface area contributed by atoms with Crippen molar-refractivity contribution < 1.29 is 9.47 Å². The largest absolute Gasteiger partial charge is 0.493 e. The summed E-state index contributed by atoms with van der Waals surface area (Å²) in [6.45, 7) is 3.97. The number of para-hydroxylation sites is 1. The molecule has 3 rings (SSSR count). The number of allylic oxidation sites excluding steroid dienone is 1. The van der Waals surface area contributed by atoms with E-state index in [4.69, 9.17) is 9.47 Å². The fourth-order valence-electron chi connectivity index (χ4n) is 2.58. The lowest BCUT2D eigenvalue weighted by Crippen LogP contribution is -2.11. The van der Waals surface area contributed by atoms with Crippen LogP contribution in [0.15, 0.2) is 59.9 Å². The van der Waals surface area contributed by atoms with E-state index in [-0.39, 0.29) is 17.0 Å². The van der Waals surface area contributed by atoms with Crippen LogP contribution in [0.1, 0.15) is 11.4 Å². The fraction of sp³-hybridized carbons (Fsp3) is 0.0952.